The highest BCUT2D eigenvalue weighted by Crippen LogP contribution is 2.34. The molecule has 0 aliphatic heterocycles. The third-order valence-corrected chi connectivity index (χ3v) is 5.48. The minimum Gasteiger partial charge on any atom is -0.379 e. The molecule has 1 aromatic carbocycles. The van der Waals surface area contributed by atoms with Crippen LogP contribution in [-0.2, 0) is 4.74 Å². The molecule has 0 bridgehead atoms. The van der Waals surface area contributed by atoms with Gasteiger partial charge in [-0.25, -0.2) is 9.97 Å². The van der Waals surface area contributed by atoms with Gasteiger partial charge in [-0.1, -0.05) is 12.1 Å². The van der Waals surface area contributed by atoms with Crippen LogP contribution in [0.5, 0.6) is 0 Å². The van der Waals surface area contributed by atoms with Gasteiger partial charge < -0.3 is 10.1 Å². The number of ether oxygens (including phenoxy) is 1. The van der Waals surface area contributed by atoms with Gasteiger partial charge in [0.05, 0.1) is 16.5 Å². The molecule has 2 aromatic heterocycles. The topological polar surface area (TPSA) is 47.0 Å². The molecule has 0 spiro atoms. The number of benzene rings is 1. The fourth-order valence-corrected chi connectivity index (χ4v) is 3.79. The highest BCUT2D eigenvalue weighted by molar-refractivity contribution is 7.15. The van der Waals surface area contributed by atoms with Gasteiger partial charge in [0.2, 0.25) is 0 Å². The molecule has 4 rings (SSSR count). The molecule has 1 aliphatic rings. The third kappa shape index (κ3) is 3.14. The zero-order chi connectivity index (χ0) is 16.5. The molecular weight excluding hydrogens is 318 g/mol. The molecule has 4 nitrogen and oxygen atoms in total. The van der Waals surface area contributed by atoms with Crippen LogP contribution < -0.4 is 5.32 Å². The molecule has 3 aromatic rings. The lowest BCUT2D eigenvalue weighted by Gasteiger charge is -2.17. The number of anilines is 1. The second kappa shape index (κ2) is 6.49. The Hall–Kier alpha value is -1.98. The maximum Gasteiger partial charge on any atom is 0.172 e. The summed E-state index contributed by atoms with van der Waals surface area (Å²) in [6.07, 6.45) is 2.79. The van der Waals surface area contributed by atoms with Crippen molar-refractivity contribution in [3.8, 4) is 10.7 Å². The van der Waals surface area contributed by atoms with E-state index in [1.54, 1.807) is 18.4 Å². The number of para-hydroxylation sites is 1. The van der Waals surface area contributed by atoms with Crippen LogP contribution in [-0.4, -0.2) is 29.7 Å². The Labute approximate surface area is 145 Å². The molecule has 1 aliphatic carbocycles. The zero-order valence-corrected chi connectivity index (χ0v) is 14.8. The number of hydrogen-bond acceptors (Lipinski definition) is 5. The zero-order valence-electron chi connectivity index (χ0n) is 14.0. The molecule has 1 fully saturated rings. The van der Waals surface area contributed by atoms with Gasteiger partial charge >= 0.3 is 0 Å². The Morgan fingerprint density at radius 1 is 1.21 bits per heavy atom. The van der Waals surface area contributed by atoms with E-state index in [0.29, 0.717) is 5.92 Å². The molecule has 24 heavy (non-hydrogen) atoms. The number of methoxy groups -OCH3 is 1. The first kappa shape index (κ1) is 15.5. The van der Waals surface area contributed by atoms with Gasteiger partial charge in [0.1, 0.15) is 5.82 Å². The molecule has 124 valence electrons. The van der Waals surface area contributed by atoms with Crippen molar-refractivity contribution in [1.82, 2.24) is 9.97 Å². The summed E-state index contributed by atoms with van der Waals surface area (Å²) in [5, 5.41) is 4.56. The second-order valence-electron chi connectivity index (χ2n) is 6.32. The summed E-state index contributed by atoms with van der Waals surface area (Å²) < 4.78 is 5.62. The van der Waals surface area contributed by atoms with E-state index in [2.05, 4.69) is 30.4 Å². The first-order valence-electron chi connectivity index (χ1n) is 8.35. The molecule has 5 heteroatoms. The Morgan fingerprint density at radius 2 is 2.04 bits per heavy atom. The van der Waals surface area contributed by atoms with Crippen LogP contribution in [0.1, 0.15) is 17.7 Å². The van der Waals surface area contributed by atoms with Gasteiger partial charge in [-0.3, -0.25) is 0 Å². The first-order valence-corrected chi connectivity index (χ1v) is 9.16. The van der Waals surface area contributed by atoms with E-state index in [4.69, 9.17) is 14.7 Å². The molecule has 1 N–H and O–H groups in total. The van der Waals surface area contributed by atoms with Crippen LogP contribution in [0.3, 0.4) is 0 Å². The summed E-state index contributed by atoms with van der Waals surface area (Å²) in [6.45, 7) is 2.89. The van der Waals surface area contributed by atoms with E-state index in [9.17, 15) is 0 Å². The molecule has 0 radical (unpaired) electrons. The van der Waals surface area contributed by atoms with Crippen LogP contribution in [0.15, 0.2) is 36.4 Å². The number of rotatable bonds is 6. The number of fused-ring (bicyclic) bond motifs is 1. The molecule has 1 unspecified atom stereocenters. The fraction of sp³-hybridized carbons (Fsp3) is 0.368. The predicted molar refractivity (Wildman–Crippen MR) is 99.6 cm³/mol. The molecule has 2 heterocycles. The second-order valence-corrected chi connectivity index (χ2v) is 7.60. The van der Waals surface area contributed by atoms with Crippen molar-refractivity contribution < 1.29 is 4.74 Å². The maximum atomic E-state index is 5.62. The van der Waals surface area contributed by atoms with Gasteiger partial charge in [-0.15, -0.1) is 11.3 Å². The van der Waals surface area contributed by atoms with Crippen LogP contribution >= 0.6 is 11.3 Å². The van der Waals surface area contributed by atoms with E-state index in [0.717, 1.165) is 34.0 Å². The molecular formula is C19H21N3OS. The van der Waals surface area contributed by atoms with Crippen molar-refractivity contribution in [2.24, 2.45) is 5.92 Å². The molecule has 1 saturated carbocycles. The van der Waals surface area contributed by atoms with E-state index in [1.807, 2.05) is 18.2 Å². The summed E-state index contributed by atoms with van der Waals surface area (Å²) in [7, 11) is 1.79. The van der Waals surface area contributed by atoms with Crippen molar-refractivity contribution in [2.45, 2.75) is 25.9 Å². The SMILES string of the molecule is COC(CNc1nc(-c2ccc(C)s2)nc2ccccc12)C1CC1. The molecule has 1 atom stereocenters. The van der Waals surface area contributed by atoms with Crippen LogP contribution in [0.2, 0.25) is 0 Å². The highest BCUT2D eigenvalue weighted by atomic mass is 32.1. The van der Waals surface area contributed by atoms with Gasteiger partial charge in [-0.2, -0.15) is 0 Å². The number of aryl methyl sites for hydroxylation is 1. The van der Waals surface area contributed by atoms with Crippen LogP contribution in [0.4, 0.5) is 5.82 Å². The third-order valence-electron chi connectivity index (χ3n) is 4.49. The largest absolute Gasteiger partial charge is 0.379 e. The minimum absolute atomic E-state index is 0.256. The maximum absolute atomic E-state index is 5.62. The average Bonchev–Trinajstić information content (AvgIpc) is 3.35. The van der Waals surface area contributed by atoms with E-state index < -0.39 is 0 Å². The summed E-state index contributed by atoms with van der Waals surface area (Å²) in [5.74, 6) is 2.37. The summed E-state index contributed by atoms with van der Waals surface area (Å²) in [5.41, 5.74) is 0.969. The van der Waals surface area contributed by atoms with Gasteiger partial charge in [0.15, 0.2) is 5.82 Å². The molecule has 0 amide bonds. The van der Waals surface area contributed by atoms with E-state index in [1.165, 1.54) is 17.7 Å². The lowest BCUT2D eigenvalue weighted by Crippen LogP contribution is -2.24. The van der Waals surface area contributed by atoms with Crippen LogP contribution in [0, 0.1) is 12.8 Å². The van der Waals surface area contributed by atoms with Crippen molar-refractivity contribution >= 4 is 28.1 Å². The smallest absolute Gasteiger partial charge is 0.172 e. The summed E-state index contributed by atoms with van der Waals surface area (Å²) in [4.78, 5) is 11.9. The number of aromatic nitrogens is 2. The van der Waals surface area contributed by atoms with Gasteiger partial charge in [0, 0.05) is 23.9 Å². The van der Waals surface area contributed by atoms with E-state index in [-0.39, 0.29) is 6.10 Å². The lowest BCUT2D eigenvalue weighted by atomic mass is 10.2. The Balaban J connectivity index is 1.69. The monoisotopic (exact) mass is 339 g/mol. The van der Waals surface area contributed by atoms with Crippen molar-refractivity contribution in [1.29, 1.82) is 0 Å². The summed E-state index contributed by atoms with van der Waals surface area (Å²) >= 11 is 1.72. The highest BCUT2D eigenvalue weighted by Gasteiger charge is 2.31. The number of nitrogens with one attached hydrogen (secondary N) is 1. The minimum atomic E-state index is 0.256. The quantitative estimate of drug-likeness (QED) is 0.718. The first-order chi connectivity index (χ1) is 11.7. The lowest BCUT2D eigenvalue weighted by molar-refractivity contribution is 0.0949. The average molecular weight is 339 g/mol. The predicted octanol–water partition coefficient (Wildman–Crippen LogP) is 4.50. The van der Waals surface area contributed by atoms with Crippen molar-refractivity contribution in [2.75, 3.05) is 19.0 Å². The van der Waals surface area contributed by atoms with E-state index >= 15 is 0 Å². The van der Waals surface area contributed by atoms with Gasteiger partial charge in [-0.05, 0) is 49.9 Å². The Morgan fingerprint density at radius 3 is 2.75 bits per heavy atom. The number of thiophene rings is 1. The van der Waals surface area contributed by atoms with Crippen molar-refractivity contribution in [3.05, 3.63) is 41.3 Å². The molecule has 0 saturated heterocycles. The fourth-order valence-electron chi connectivity index (χ4n) is 2.98. The Kier molecular flexibility index (Phi) is 4.21. The number of nitrogens with zero attached hydrogens (tertiary/aromatic N) is 2. The van der Waals surface area contributed by atoms with Crippen molar-refractivity contribution in [3.63, 3.8) is 0 Å². The Bertz CT molecular complexity index is 857. The number of hydrogen-bond donors (Lipinski definition) is 1. The summed E-state index contributed by atoms with van der Waals surface area (Å²) in [6, 6.07) is 12.4. The van der Waals surface area contributed by atoms with Gasteiger partial charge in [0.25, 0.3) is 0 Å². The van der Waals surface area contributed by atoms with Crippen LogP contribution in [0.25, 0.3) is 21.6 Å². The standard InChI is InChI=1S/C19H21N3OS/c1-12-7-10-17(24-12)19-21-15-6-4-3-5-14(15)18(22-19)20-11-16(23-2)13-8-9-13/h3-7,10,13,16H,8-9,11H2,1-2H3,(H,20,21,22). The normalized spacial score (nSPS) is 15.6.